The summed E-state index contributed by atoms with van der Waals surface area (Å²) in [6.07, 6.45) is 2.57. The molecule has 0 aliphatic carbocycles. The Morgan fingerprint density at radius 3 is 2.38 bits per heavy atom. The van der Waals surface area contributed by atoms with Crippen molar-refractivity contribution in [2.45, 2.75) is 38.3 Å². The van der Waals surface area contributed by atoms with Crippen LogP contribution in [-0.4, -0.2) is 70.2 Å². The maximum atomic E-state index is 12.4. The van der Waals surface area contributed by atoms with Gasteiger partial charge in [-0.1, -0.05) is 11.6 Å². The summed E-state index contributed by atoms with van der Waals surface area (Å²) in [5.41, 5.74) is 1.06. The lowest BCUT2D eigenvalue weighted by atomic mass is 10.0. The number of amides is 2. The van der Waals surface area contributed by atoms with Crippen molar-refractivity contribution in [2.24, 2.45) is 7.05 Å². The SMILES string of the molecule is Cc1c(Cl)c(C(=O)NC2CCN(C3CCN(C)C3=O)CC2)nn1C. The van der Waals surface area contributed by atoms with Crippen LogP contribution in [0.15, 0.2) is 0 Å². The molecule has 0 saturated carbocycles. The van der Waals surface area contributed by atoms with E-state index >= 15 is 0 Å². The number of carbonyl (C=O) groups is 2. The number of halogens is 1. The second kappa shape index (κ2) is 6.72. The van der Waals surface area contributed by atoms with Gasteiger partial charge in [0.2, 0.25) is 5.91 Å². The quantitative estimate of drug-likeness (QED) is 0.873. The molecule has 8 heteroatoms. The standard InChI is InChI=1S/C16H24ClN5O2/c1-10-13(17)14(19-21(10)3)15(23)18-11-4-8-22(9-5-11)12-6-7-20(2)16(12)24/h11-12H,4-9H2,1-3H3,(H,18,23). The van der Waals surface area contributed by atoms with Gasteiger partial charge >= 0.3 is 0 Å². The molecule has 2 saturated heterocycles. The minimum atomic E-state index is -0.223. The number of likely N-dealkylation sites (tertiary alicyclic amines) is 2. The van der Waals surface area contributed by atoms with Crippen molar-refractivity contribution in [3.63, 3.8) is 0 Å². The zero-order chi connectivity index (χ0) is 17.4. The maximum Gasteiger partial charge on any atom is 0.273 e. The Labute approximate surface area is 146 Å². The molecule has 0 spiro atoms. The predicted octanol–water partition coefficient (Wildman–Crippen LogP) is 0.807. The highest BCUT2D eigenvalue weighted by Crippen LogP contribution is 2.22. The molecule has 2 amide bonds. The summed E-state index contributed by atoms with van der Waals surface area (Å²) in [6, 6.07) is 0.112. The molecule has 1 unspecified atom stereocenters. The van der Waals surface area contributed by atoms with Crippen LogP contribution < -0.4 is 5.32 Å². The lowest BCUT2D eigenvalue weighted by molar-refractivity contribution is -0.131. The fourth-order valence-corrected chi connectivity index (χ4v) is 3.73. The van der Waals surface area contributed by atoms with Crippen molar-refractivity contribution in [1.29, 1.82) is 0 Å². The Hall–Kier alpha value is -1.60. The average Bonchev–Trinajstić information content (AvgIpc) is 3.03. The lowest BCUT2D eigenvalue weighted by Gasteiger charge is -2.35. The predicted molar refractivity (Wildman–Crippen MR) is 91.1 cm³/mol. The Balaban J connectivity index is 1.55. The van der Waals surface area contributed by atoms with Gasteiger partial charge in [-0.05, 0) is 26.2 Å². The Morgan fingerprint density at radius 2 is 1.88 bits per heavy atom. The average molecular weight is 354 g/mol. The molecule has 0 aromatic carbocycles. The smallest absolute Gasteiger partial charge is 0.273 e. The van der Waals surface area contributed by atoms with E-state index in [2.05, 4.69) is 15.3 Å². The van der Waals surface area contributed by atoms with E-state index in [9.17, 15) is 9.59 Å². The molecule has 1 N–H and O–H groups in total. The van der Waals surface area contributed by atoms with Crippen molar-refractivity contribution in [3.8, 4) is 0 Å². The van der Waals surface area contributed by atoms with E-state index in [-0.39, 0.29) is 29.6 Å². The first-order chi connectivity index (χ1) is 11.4. The van der Waals surface area contributed by atoms with Crippen molar-refractivity contribution in [2.75, 3.05) is 26.7 Å². The number of likely N-dealkylation sites (N-methyl/N-ethyl adjacent to an activating group) is 1. The van der Waals surface area contributed by atoms with Gasteiger partial charge in [-0.3, -0.25) is 19.2 Å². The van der Waals surface area contributed by atoms with Crippen LogP contribution in [-0.2, 0) is 11.8 Å². The summed E-state index contributed by atoms with van der Waals surface area (Å²) in [4.78, 5) is 28.5. The molecule has 3 rings (SSSR count). The second-order valence-electron chi connectivity index (χ2n) is 6.72. The third-order valence-corrected chi connectivity index (χ3v) is 5.63. The van der Waals surface area contributed by atoms with Gasteiger partial charge < -0.3 is 10.2 Å². The number of carbonyl (C=O) groups excluding carboxylic acids is 2. The molecule has 0 radical (unpaired) electrons. The van der Waals surface area contributed by atoms with E-state index in [0.29, 0.717) is 5.02 Å². The summed E-state index contributed by atoms with van der Waals surface area (Å²) in [6.45, 7) is 4.31. The second-order valence-corrected chi connectivity index (χ2v) is 7.10. The lowest BCUT2D eigenvalue weighted by Crippen LogP contribution is -2.50. The molecular weight excluding hydrogens is 330 g/mol. The molecule has 2 aliphatic rings. The van der Waals surface area contributed by atoms with Crippen LogP contribution in [0.5, 0.6) is 0 Å². The zero-order valence-electron chi connectivity index (χ0n) is 14.4. The molecule has 24 heavy (non-hydrogen) atoms. The third kappa shape index (κ3) is 3.15. The number of aromatic nitrogens is 2. The van der Waals surface area contributed by atoms with E-state index in [4.69, 9.17) is 11.6 Å². The van der Waals surface area contributed by atoms with Crippen molar-refractivity contribution in [3.05, 3.63) is 16.4 Å². The summed E-state index contributed by atoms with van der Waals surface area (Å²) in [5.74, 6) is -0.00736. The topological polar surface area (TPSA) is 70.5 Å². The summed E-state index contributed by atoms with van der Waals surface area (Å²) >= 11 is 6.17. The van der Waals surface area contributed by atoms with Crippen LogP contribution in [0.4, 0.5) is 0 Å². The van der Waals surface area contributed by atoms with Gasteiger partial charge in [0.1, 0.15) is 0 Å². The molecule has 132 valence electrons. The van der Waals surface area contributed by atoms with Gasteiger partial charge in [0.05, 0.1) is 16.8 Å². The number of piperidine rings is 1. The number of nitrogens with one attached hydrogen (secondary N) is 1. The summed E-state index contributed by atoms with van der Waals surface area (Å²) < 4.78 is 1.61. The fourth-order valence-electron chi connectivity index (χ4n) is 3.48. The Morgan fingerprint density at radius 1 is 1.21 bits per heavy atom. The largest absolute Gasteiger partial charge is 0.348 e. The molecule has 1 atom stereocenters. The minimum absolute atomic E-state index is 0.0135. The maximum absolute atomic E-state index is 12.4. The van der Waals surface area contributed by atoms with Gasteiger partial charge in [-0.25, -0.2) is 0 Å². The van der Waals surface area contributed by atoms with Gasteiger partial charge in [-0.15, -0.1) is 0 Å². The van der Waals surface area contributed by atoms with E-state index in [1.165, 1.54) is 0 Å². The van der Waals surface area contributed by atoms with Crippen LogP contribution in [0.25, 0.3) is 0 Å². The zero-order valence-corrected chi connectivity index (χ0v) is 15.1. The Kier molecular flexibility index (Phi) is 4.83. The van der Waals surface area contributed by atoms with Crippen molar-refractivity contribution < 1.29 is 9.59 Å². The fraction of sp³-hybridized carbons (Fsp3) is 0.688. The molecule has 7 nitrogen and oxygen atoms in total. The van der Waals surface area contributed by atoms with Crippen LogP contribution >= 0.6 is 11.6 Å². The highest BCUT2D eigenvalue weighted by Gasteiger charge is 2.36. The third-order valence-electron chi connectivity index (χ3n) is 5.18. The normalized spacial score (nSPS) is 23.1. The van der Waals surface area contributed by atoms with Gasteiger partial charge in [0.25, 0.3) is 5.91 Å². The molecule has 2 fully saturated rings. The van der Waals surface area contributed by atoms with E-state index in [0.717, 1.165) is 44.6 Å². The number of aryl methyl sites for hydroxylation is 1. The number of rotatable bonds is 3. The molecular formula is C16H24ClN5O2. The van der Waals surface area contributed by atoms with Crippen molar-refractivity contribution in [1.82, 2.24) is 24.9 Å². The van der Waals surface area contributed by atoms with Crippen LogP contribution in [0.1, 0.15) is 35.4 Å². The molecule has 3 heterocycles. The number of hydrogen-bond donors (Lipinski definition) is 1. The first kappa shape index (κ1) is 17.2. The summed E-state index contributed by atoms with van der Waals surface area (Å²) in [5, 5.41) is 7.62. The summed E-state index contributed by atoms with van der Waals surface area (Å²) in [7, 11) is 3.63. The van der Waals surface area contributed by atoms with Gasteiger partial charge in [0, 0.05) is 39.8 Å². The van der Waals surface area contributed by atoms with Crippen LogP contribution in [0.2, 0.25) is 5.02 Å². The van der Waals surface area contributed by atoms with E-state index in [1.54, 1.807) is 16.6 Å². The van der Waals surface area contributed by atoms with E-state index < -0.39 is 0 Å². The number of nitrogens with zero attached hydrogens (tertiary/aromatic N) is 4. The first-order valence-corrected chi connectivity index (χ1v) is 8.75. The minimum Gasteiger partial charge on any atom is -0.348 e. The van der Waals surface area contributed by atoms with Gasteiger partial charge in [0.15, 0.2) is 5.69 Å². The Bertz CT molecular complexity index is 651. The highest BCUT2D eigenvalue weighted by atomic mass is 35.5. The number of hydrogen-bond acceptors (Lipinski definition) is 4. The van der Waals surface area contributed by atoms with Crippen LogP contribution in [0, 0.1) is 6.92 Å². The highest BCUT2D eigenvalue weighted by molar-refractivity contribution is 6.34. The monoisotopic (exact) mass is 353 g/mol. The molecule has 2 aliphatic heterocycles. The molecule has 0 bridgehead atoms. The van der Waals surface area contributed by atoms with Gasteiger partial charge in [-0.2, -0.15) is 5.10 Å². The molecule has 1 aromatic rings. The van der Waals surface area contributed by atoms with E-state index in [1.807, 2.05) is 14.0 Å². The molecule has 1 aromatic heterocycles. The van der Waals surface area contributed by atoms with Crippen molar-refractivity contribution >= 4 is 23.4 Å². The van der Waals surface area contributed by atoms with Crippen LogP contribution in [0.3, 0.4) is 0 Å². The first-order valence-electron chi connectivity index (χ1n) is 8.37.